The zero-order chi connectivity index (χ0) is 25.8. The van der Waals surface area contributed by atoms with Crippen LogP contribution in [-0.2, 0) is 0 Å². The summed E-state index contributed by atoms with van der Waals surface area (Å²) in [6.45, 7) is 16.8. The van der Waals surface area contributed by atoms with E-state index in [2.05, 4.69) is 76.6 Å². The molecule has 0 radical (unpaired) electrons. The Morgan fingerprint density at radius 2 is 0.949 bits per heavy atom. The smallest absolute Gasteiger partial charge is 0.0865 e. The Labute approximate surface area is 235 Å². The molecular formula is C28H54N10O. The zero-order valence-electron chi connectivity index (χ0n) is 23.7. The van der Waals surface area contributed by atoms with Crippen molar-refractivity contribution in [1.82, 2.24) is 52.3 Å². The zero-order valence-corrected chi connectivity index (χ0v) is 23.7. The lowest BCUT2D eigenvalue weighted by atomic mass is 10.0. The van der Waals surface area contributed by atoms with Crippen LogP contribution in [0.4, 0.5) is 0 Å². The van der Waals surface area contributed by atoms with Crippen LogP contribution >= 0.6 is 0 Å². The van der Waals surface area contributed by atoms with E-state index in [-0.39, 0.29) is 17.8 Å². The fraction of sp³-hybridized carbons (Fsp3) is 0.786. The summed E-state index contributed by atoms with van der Waals surface area (Å²) in [7, 11) is 0. The SMILES string of the molecule is O.c1cc([C@@H]2NC[C@@H]3CNCCNCCCNCCN32)cc([C@@H]2NC[C@@H]3CNCCNCCCNCCN32)c1. The molecule has 4 heterocycles. The number of hydrogen-bond acceptors (Lipinski definition) is 10. The molecule has 11 heteroatoms. The highest BCUT2D eigenvalue weighted by Gasteiger charge is 2.36. The van der Waals surface area contributed by atoms with Gasteiger partial charge in [-0.2, -0.15) is 0 Å². The summed E-state index contributed by atoms with van der Waals surface area (Å²) in [6, 6.07) is 10.4. The second-order valence-corrected chi connectivity index (χ2v) is 11.2. The van der Waals surface area contributed by atoms with Crippen molar-refractivity contribution in [2.75, 3.05) is 105 Å². The van der Waals surface area contributed by atoms with Gasteiger partial charge in [0.1, 0.15) is 0 Å². The van der Waals surface area contributed by atoms with Crippen LogP contribution in [0.25, 0.3) is 0 Å². The van der Waals surface area contributed by atoms with E-state index in [0.717, 1.165) is 105 Å². The molecule has 1 aromatic rings. The van der Waals surface area contributed by atoms with Crippen LogP contribution in [0.5, 0.6) is 0 Å². The number of hydrogen-bond donors (Lipinski definition) is 8. The Morgan fingerprint density at radius 1 is 0.513 bits per heavy atom. The van der Waals surface area contributed by atoms with Crippen LogP contribution in [0.3, 0.4) is 0 Å². The van der Waals surface area contributed by atoms with Crippen LogP contribution in [0.15, 0.2) is 24.3 Å². The Morgan fingerprint density at radius 3 is 1.44 bits per heavy atom. The highest BCUT2D eigenvalue weighted by molar-refractivity contribution is 5.30. The van der Waals surface area contributed by atoms with Gasteiger partial charge in [-0.05, 0) is 56.2 Å². The lowest BCUT2D eigenvalue weighted by molar-refractivity contribution is 0.183. The van der Waals surface area contributed by atoms with Gasteiger partial charge in [-0.1, -0.05) is 18.2 Å². The molecule has 4 fully saturated rings. The molecule has 0 saturated carbocycles. The van der Waals surface area contributed by atoms with Crippen LogP contribution in [0, 0.1) is 0 Å². The van der Waals surface area contributed by atoms with Crippen molar-refractivity contribution < 1.29 is 5.48 Å². The first kappa shape index (κ1) is 30.7. The van der Waals surface area contributed by atoms with Crippen LogP contribution in [0.2, 0.25) is 0 Å². The van der Waals surface area contributed by atoms with E-state index in [1.807, 2.05) is 0 Å². The van der Waals surface area contributed by atoms with Crippen LogP contribution in [0.1, 0.15) is 36.3 Å². The number of nitrogens with zero attached hydrogens (tertiary/aromatic N) is 2. The first-order chi connectivity index (χ1) is 18.9. The summed E-state index contributed by atoms with van der Waals surface area (Å²) in [5.41, 5.74) is 2.77. The third-order valence-corrected chi connectivity index (χ3v) is 8.46. The fourth-order valence-corrected chi connectivity index (χ4v) is 6.39. The van der Waals surface area contributed by atoms with Gasteiger partial charge in [-0.3, -0.25) is 20.4 Å². The molecule has 0 spiro atoms. The molecule has 10 N–H and O–H groups in total. The largest absolute Gasteiger partial charge is 0.412 e. The highest BCUT2D eigenvalue weighted by atomic mass is 16.0. The van der Waals surface area contributed by atoms with Gasteiger partial charge in [-0.15, -0.1) is 0 Å². The first-order valence-electron chi connectivity index (χ1n) is 15.2. The summed E-state index contributed by atoms with van der Waals surface area (Å²) in [5.74, 6) is 0. The molecule has 39 heavy (non-hydrogen) atoms. The van der Waals surface area contributed by atoms with Gasteiger partial charge in [0.25, 0.3) is 0 Å². The van der Waals surface area contributed by atoms with Gasteiger partial charge in [0, 0.05) is 90.6 Å². The van der Waals surface area contributed by atoms with Crippen molar-refractivity contribution >= 4 is 0 Å². The van der Waals surface area contributed by atoms with Gasteiger partial charge < -0.3 is 37.4 Å². The summed E-state index contributed by atoms with van der Waals surface area (Å²) < 4.78 is 0. The average molecular weight is 547 g/mol. The summed E-state index contributed by atoms with van der Waals surface area (Å²) in [4.78, 5) is 5.35. The lowest BCUT2D eigenvalue weighted by Crippen LogP contribution is -2.44. The number of fused-ring (bicyclic) bond motifs is 2. The normalized spacial score (nSPS) is 31.6. The minimum absolute atomic E-state index is 0. The van der Waals surface area contributed by atoms with Gasteiger partial charge in [0.05, 0.1) is 12.3 Å². The van der Waals surface area contributed by atoms with E-state index in [9.17, 15) is 0 Å². The van der Waals surface area contributed by atoms with Gasteiger partial charge in [0.2, 0.25) is 0 Å². The quantitative estimate of drug-likeness (QED) is 0.206. The maximum atomic E-state index is 3.86. The molecule has 11 nitrogen and oxygen atoms in total. The third-order valence-electron chi connectivity index (χ3n) is 8.46. The van der Waals surface area contributed by atoms with E-state index >= 15 is 0 Å². The Balaban J connectivity index is 0.00000353. The molecule has 0 unspecified atom stereocenters. The van der Waals surface area contributed by atoms with Gasteiger partial charge in [0.15, 0.2) is 0 Å². The molecule has 4 aliphatic heterocycles. The molecule has 0 amide bonds. The Bertz CT molecular complexity index is 755. The topological polar surface area (TPSA) is 134 Å². The number of benzene rings is 1. The Hall–Kier alpha value is -1.22. The first-order valence-corrected chi connectivity index (χ1v) is 15.2. The van der Waals surface area contributed by atoms with Gasteiger partial charge >= 0.3 is 0 Å². The number of nitrogens with one attached hydrogen (secondary N) is 8. The molecule has 0 bridgehead atoms. The standard InChI is InChI=1S/C28H52N10.H2O/c1-4-23(27-35-21-25-19-33-12-10-29-6-2-8-31-14-16-37(25)27)18-24(5-1)28-36-22-26-20-34-13-11-30-7-3-9-32-15-17-38(26)28;/h1,4-5,18,25-36H,2-3,6-17,19-22H2;1H2/t25-,26-,27+,28+;/m0./s1. The van der Waals surface area contributed by atoms with Crippen molar-refractivity contribution in [3.63, 3.8) is 0 Å². The lowest BCUT2D eigenvalue weighted by Gasteiger charge is -2.32. The summed E-state index contributed by atoms with van der Waals surface area (Å²) >= 11 is 0. The molecule has 4 aliphatic rings. The van der Waals surface area contributed by atoms with Crippen molar-refractivity contribution in [2.45, 2.75) is 37.3 Å². The minimum atomic E-state index is 0. The summed E-state index contributed by atoms with van der Waals surface area (Å²) in [5, 5.41) is 29.5. The molecule has 1 aromatic carbocycles. The summed E-state index contributed by atoms with van der Waals surface area (Å²) in [6.07, 6.45) is 2.88. The predicted molar refractivity (Wildman–Crippen MR) is 159 cm³/mol. The minimum Gasteiger partial charge on any atom is -0.412 e. The van der Waals surface area contributed by atoms with E-state index in [1.54, 1.807) is 0 Å². The van der Waals surface area contributed by atoms with Crippen molar-refractivity contribution in [1.29, 1.82) is 0 Å². The van der Waals surface area contributed by atoms with E-state index in [1.165, 1.54) is 24.0 Å². The molecular weight excluding hydrogens is 492 g/mol. The van der Waals surface area contributed by atoms with Crippen LogP contribution in [-0.4, -0.2) is 132 Å². The Kier molecular flexibility index (Phi) is 13.3. The molecule has 222 valence electrons. The number of rotatable bonds is 2. The van der Waals surface area contributed by atoms with Crippen LogP contribution < -0.4 is 42.5 Å². The molecule has 4 saturated heterocycles. The maximum absolute atomic E-state index is 3.86. The molecule has 0 aliphatic carbocycles. The van der Waals surface area contributed by atoms with Crippen molar-refractivity contribution in [3.8, 4) is 0 Å². The predicted octanol–water partition coefficient (Wildman–Crippen LogP) is -2.25. The van der Waals surface area contributed by atoms with Gasteiger partial charge in [-0.25, -0.2) is 0 Å². The fourth-order valence-electron chi connectivity index (χ4n) is 6.39. The monoisotopic (exact) mass is 546 g/mol. The highest BCUT2D eigenvalue weighted by Crippen LogP contribution is 2.30. The van der Waals surface area contributed by atoms with E-state index in [4.69, 9.17) is 0 Å². The second-order valence-electron chi connectivity index (χ2n) is 11.2. The van der Waals surface area contributed by atoms with Crippen molar-refractivity contribution in [3.05, 3.63) is 35.4 Å². The maximum Gasteiger partial charge on any atom is 0.0865 e. The molecule has 5 rings (SSSR count). The molecule has 4 atom stereocenters. The van der Waals surface area contributed by atoms with E-state index in [0.29, 0.717) is 12.1 Å². The average Bonchev–Trinajstić information content (AvgIpc) is 3.54. The molecule has 0 aromatic heterocycles. The van der Waals surface area contributed by atoms with E-state index < -0.39 is 0 Å². The second kappa shape index (κ2) is 16.9. The third kappa shape index (κ3) is 8.88. The van der Waals surface area contributed by atoms with Crippen molar-refractivity contribution in [2.24, 2.45) is 0 Å².